The lowest BCUT2D eigenvalue weighted by Gasteiger charge is -2.03. The standard InChI is InChI=1S/C18H19F/c1-2-3-4-5-6-15-7-9-16(10-8-15)17-11-13-18(19)14-12-17/h4-5,7-14H,2-3,6H2,1H3. The van der Waals surface area contributed by atoms with Gasteiger partial charge in [0.2, 0.25) is 0 Å². The maximum Gasteiger partial charge on any atom is 0.123 e. The zero-order valence-corrected chi connectivity index (χ0v) is 11.3. The highest BCUT2D eigenvalue weighted by Gasteiger charge is 1.98. The van der Waals surface area contributed by atoms with Gasteiger partial charge < -0.3 is 0 Å². The maximum atomic E-state index is 12.9. The van der Waals surface area contributed by atoms with Crippen LogP contribution in [0, 0.1) is 5.82 Å². The van der Waals surface area contributed by atoms with Gasteiger partial charge in [0.05, 0.1) is 0 Å². The number of allylic oxidation sites excluding steroid dienone is 2. The summed E-state index contributed by atoms with van der Waals surface area (Å²) in [6.07, 6.45) is 7.77. The van der Waals surface area contributed by atoms with Crippen LogP contribution in [0.15, 0.2) is 60.7 Å². The minimum absolute atomic E-state index is 0.193. The highest BCUT2D eigenvalue weighted by atomic mass is 19.1. The molecule has 19 heavy (non-hydrogen) atoms. The fourth-order valence-corrected chi connectivity index (χ4v) is 1.98. The second kappa shape index (κ2) is 6.89. The molecule has 2 aromatic rings. The molecule has 0 atom stereocenters. The zero-order valence-electron chi connectivity index (χ0n) is 11.3. The molecular weight excluding hydrogens is 235 g/mol. The molecule has 1 heteroatoms. The van der Waals surface area contributed by atoms with E-state index in [-0.39, 0.29) is 5.82 Å². The molecule has 98 valence electrons. The predicted molar refractivity (Wildman–Crippen MR) is 79.6 cm³/mol. The third-order valence-electron chi connectivity index (χ3n) is 3.11. The van der Waals surface area contributed by atoms with Crippen molar-refractivity contribution in [1.29, 1.82) is 0 Å². The van der Waals surface area contributed by atoms with Gasteiger partial charge in [-0.05, 0) is 41.7 Å². The molecule has 0 aliphatic heterocycles. The topological polar surface area (TPSA) is 0 Å². The van der Waals surface area contributed by atoms with Crippen molar-refractivity contribution in [3.8, 4) is 11.1 Å². The Labute approximate surface area is 114 Å². The average Bonchev–Trinajstić information content (AvgIpc) is 2.45. The minimum Gasteiger partial charge on any atom is -0.207 e. The first kappa shape index (κ1) is 13.5. The van der Waals surface area contributed by atoms with Crippen molar-refractivity contribution in [2.75, 3.05) is 0 Å². The van der Waals surface area contributed by atoms with Crippen LogP contribution in [0.5, 0.6) is 0 Å². The van der Waals surface area contributed by atoms with Gasteiger partial charge in [0.15, 0.2) is 0 Å². The van der Waals surface area contributed by atoms with Crippen LogP contribution >= 0.6 is 0 Å². The first-order valence-corrected chi connectivity index (χ1v) is 6.79. The number of unbranched alkanes of at least 4 members (excludes halogenated alkanes) is 1. The molecule has 0 heterocycles. The summed E-state index contributed by atoms with van der Waals surface area (Å²) in [6.45, 7) is 2.18. The number of rotatable bonds is 5. The van der Waals surface area contributed by atoms with Crippen LogP contribution in [0.3, 0.4) is 0 Å². The summed E-state index contributed by atoms with van der Waals surface area (Å²) in [4.78, 5) is 0. The van der Waals surface area contributed by atoms with E-state index < -0.39 is 0 Å². The van der Waals surface area contributed by atoms with E-state index >= 15 is 0 Å². The fourth-order valence-electron chi connectivity index (χ4n) is 1.98. The Balaban J connectivity index is 2.04. The van der Waals surface area contributed by atoms with Gasteiger partial charge in [0.25, 0.3) is 0 Å². The quantitative estimate of drug-likeness (QED) is 0.627. The lowest BCUT2D eigenvalue weighted by molar-refractivity contribution is 0.628. The summed E-state index contributed by atoms with van der Waals surface area (Å²) >= 11 is 0. The predicted octanol–water partition coefficient (Wildman–Crippen LogP) is 5.39. The van der Waals surface area contributed by atoms with Crippen LogP contribution in [0.2, 0.25) is 0 Å². The van der Waals surface area contributed by atoms with Crippen LogP contribution in [0.4, 0.5) is 4.39 Å². The zero-order chi connectivity index (χ0) is 13.5. The number of benzene rings is 2. The van der Waals surface area contributed by atoms with E-state index in [2.05, 4.69) is 43.3 Å². The summed E-state index contributed by atoms with van der Waals surface area (Å²) in [5, 5.41) is 0. The first-order chi connectivity index (χ1) is 9.29. The van der Waals surface area contributed by atoms with Crippen molar-refractivity contribution in [1.82, 2.24) is 0 Å². The van der Waals surface area contributed by atoms with Crippen molar-refractivity contribution < 1.29 is 4.39 Å². The minimum atomic E-state index is -0.193. The molecule has 0 amide bonds. The largest absolute Gasteiger partial charge is 0.207 e. The molecule has 0 nitrogen and oxygen atoms in total. The summed E-state index contributed by atoms with van der Waals surface area (Å²) in [5.41, 5.74) is 3.48. The van der Waals surface area contributed by atoms with E-state index in [1.54, 1.807) is 0 Å². The summed E-state index contributed by atoms with van der Waals surface area (Å²) in [5.74, 6) is -0.193. The van der Waals surface area contributed by atoms with Gasteiger partial charge in [-0.15, -0.1) is 0 Å². The molecule has 0 N–H and O–H groups in total. The molecule has 0 fully saturated rings. The van der Waals surface area contributed by atoms with Gasteiger partial charge in [0, 0.05) is 0 Å². The SMILES string of the molecule is CCCC=CCc1ccc(-c2ccc(F)cc2)cc1. The van der Waals surface area contributed by atoms with Gasteiger partial charge in [0.1, 0.15) is 5.82 Å². The van der Waals surface area contributed by atoms with Crippen LogP contribution in [-0.2, 0) is 6.42 Å². The Kier molecular flexibility index (Phi) is 4.91. The third kappa shape index (κ3) is 4.06. The number of hydrogen-bond donors (Lipinski definition) is 0. The Morgan fingerprint density at radius 1 is 0.842 bits per heavy atom. The smallest absolute Gasteiger partial charge is 0.123 e. The molecule has 2 rings (SSSR count). The van der Waals surface area contributed by atoms with Crippen molar-refractivity contribution in [3.05, 3.63) is 72.1 Å². The molecule has 0 aliphatic rings. The van der Waals surface area contributed by atoms with E-state index in [4.69, 9.17) is 0 Å². The molecule has 0 bridgehead atoms. The maximum absolute atomic E-state index is 12.9. The third-order valence-corrected chi connectivity index (χ3v) is 3.11. The Morgan fingerprint density at radius 3 is 2.00 bits per heavy atom. The lowest BCUT2D eigenvalue weighted by Crippen LogP contribution is -1.83. The van der Waals surface area contributed by atoms with E-state index in [1.807, 2.05) is 12.1 Å². The van der Waals surface area contributed by atoms with Crippen molar-refractivity contribution in [2.45, 2.75) is 26.2 Å². The van der Waals surface area contributed by atoms with Crippen molar-refractivity contribution >= 4 is 0 Å². The normalized spacial score (nSPS) is 11.1. The molecule has 0 saturated carbocycles. The Morgan fingerprint density at radius 2 is 1.42 bits per heavy atom. The van der Waals surface area contributed by atoms with Crippen LogP contribution in [0.25, 0.3) is 11.1 Å². The van der Waals surface area contributed by atoms with Gasteiger partial charge in [-0.3, -0.25) is 0 Å². The molecule has 0 spiro atoms. The van der Waals surface area contributed by atoms with Gasteiger partial charge in [-0.2, -0.15) is 0 Å². The van der Waals surface area contributed by atoms with Crippen molar-refractivity contribution in [3.63, 3.8) is 0 Å². The summed E-state index contributed by atoms with van der Waals surface area (Å²) < 4.78 is 12.9. The molecule has 0 aromatic heterocycles. The van der Waals surface area contributed by atoms with Crippen molar-refractivity contribution in [2.24, 2.45) is 0 Å². The van der Waals surface area contributed by atoms with E-state index in [1.165, 1.54) is 24.1 Å². The fraction of sp³-hybridized carbons (Fsp3) is 0.222. The van der Waals surface area contributed by atoms with Gasteiger partial charge in [-0.25, -0.2) is 4.39 Å². The monoisotopic (exact) mass is 254 g/mol. The first-order valence-electron chi connectivity index (χ1n) is 6.79. The lowest BCUT2D eigenvalue weighted by atomic mass is 10.0. The molecule has 0 radical (unpaired) electrons. The highest BCUT2D eigenvalue weighted by Crippen LogP contribution is 2.20. The van der Waals surface area contributed by atoms with Crippen LogP contribution < -0.4 is 0 Å². The van der Waals surface area contributed by atoms with E-state index in [9.17, 15) is 4.39 Å². The molecule has 0 saturated heterocycles. The number of hydrogen-bond acceptors (Lipinski definition) is 0. The van der Waals surface area contributed by atoms with Gasteiger partial charge in [-0.1, -0.05) is 61.9 Å². The number of halogens is 1. The highest BCUT2D eigenvalue weighted by molar-refractivity contribution is 5.63. The van der Waals surface area contributed by atoms with E-state index in [0.29, 0.717) is 0 Å². The Hall–Kier alpha value is -1.89. The second-order valence-electron chi connectivity index (χ2n) is 4.67. The Bertz CT molecular complexity index is 521. The van der Waals surface area contributed by atoms with Gasteiger partial charge >= 0.3 is 0 Å². The molecular formula is C18H19F. The second-order valence-corrected chi connectivity index (χ2v) is 4.67. The van der Waals surface area contributed by atoms with E-state index in [0.717, 1.165) is 24.0 Å². The van der Waals surface area contributed by atoms with Crippen LogP contribution in [-0.4, -0.2) is 0 Å². The summed E-state index contributed by atoms with van der Waals surface area (Å²) in [6, 6.07) is 15.1. The molecule has 2 aromatic carbocycles. The average molecular weight is 254 g/mol. The molecule has 0 aliphatic carbocycles. The summed E-state index contributed by atoms with van der Waals surface area (Å²) in [7, 11) is 0. The molecule has 0 unspecified atom stereocenters. The van der Waals surface area contributed by atoms with Crippen LogP contribution in [0.1, 0.15) is 25.3 Å².